The lowest BCUT2D eigenvalue weighted by Gasteiger charge is -2.29. The molecule has 1 fully saturated rings. The summed E-state index contributed by atoms with van der Waals surface area (Å²) in [6.07, 6.45) is 1.18. The van der Waals surface area contributed by atoms with E-state index in [1.54, 1.807) is 0 Å². The summed E-state index contributed by atoms with van der Waals surface area (Å²) in [5.74, 6) is 3.49. The third-order valence-electron chi connectivity index (χ3n) is 2.78. The van der Waals surface area contributed by atoms with Crippen LogP contribution in [-0.4, -0.2) is 26.7 Å². The summed E-state index contributed by atoms with van der Waals surface area (Å²) in [5.41, 5.74) is 1.08. The topological polar surface area (TPSA) is 28.7 Å². The highest BCUT2D eigenvalue weighted by molar-refractivity contribution is 9.10. The Morgan fingerprint density at radius 3 is 2.82 bits per heavy atom. The maximum atomic E-state index is 5.28. The zero-order chi connectivity index (χ0) is 12.4. The SMILES string of the molecule is CCC1SCCSC1c1nc(=S)c(Br)c(C)[nH]1. The van der Waals surface area contributed by atoms with E-state index < -0.39 is 0 Å². The first-order valence-electron chi connectivity index (χ1n) is 5.63. The van der Waals surface area contributed by atoms with Crippen molar-refractivity contribution in [2.24, 2.45) is 0 Å². The van der Waals surface area contributed by atoms with Gasteiger partial charge in [-0.1, -0.05) is 19.1 Å². The zero-order valence-electron chi connectivity index (χ0n) is 9.83. The molecule has 2 heterocycles. The molecular formula is C11H15BrN2S3. The maximum Gasteiger partial charge on any atom is 0.144 e. The van der Waals surface area contributed by atoms with Crippen molar-refractivity contribution in [3.63, 3.8) is 0 Å². The highest BCUT2D eigenvalue weighted by atomic mass is 79.9. The minimum atomic E-state index is 0.451. The van der Waals surface area contributed by atoms with Crippen LogP contribution >= 0.6 is 51.7 Å². The fourth-order valence-corrected chi connectivity index (χ4v) is 5.34. The number of nitrogens with one attached hydrogen (secondary N) is 1. The molecule has 2 nitrogen and oxygen atoms in total. The number of H-pyrrole nitrogens is 1. The molecule has 0 spiro atoms. The third-order valence-corrected chi connectivity index (χ3v) is 7.56. The number of hydrogen-bond acceptors (Lipinski definition) is 4. The molecule has 0 saturated carbocycles. The molecule has 1 aliphatic rings. The van der Waals surface area contributed by atoms with Gasteiger partial charge in [0.2, 0.25) is 0 Å². The van der Waals surface area contributed by atoms with E-state index in [0.29, 0.717) is 15.1 Å². The van der Waals surface area contributed by atoms with Gasteiger partial charge in [-0.25, -0.2) is 4.98 Å². The van der Waals surface area contributed by atoms with Gasteiger partial charge < -0.3 is 4.98 Å². The lowest BCUT2D eigenvalue weighted by molar-refractivity contribution is 0.742. The van der Waals surface area contributed by atoms with Gasteiger partial charge in [0.15, 0.2) is 0 Å². The molecule has 1 aromatic heterocycles. The highest BCUT2D eigenvalue weighted by Gasteiger charge is 2.28. The minimum absolute atomic E-state index is 0.451. The van der Waals surface area contributed by atoms with Crippen LogP contribution in [0.1, 0.15) is 30.1 Å². The van der Waals surface area contributed by atoms with E-state index in [2.05, 4.69) is 44.6 Å². The average Bonchev–Trinajstić information content (AvgIpc) is 2.35. The number of nitrogens with zero attached hydrogens (tertiary/aromatic N) is 1. The Labute approximate surface area is 124 Å². The molecule has 0 aliphatic carbocycles. The van der Waals surface area contributed by atoms with Gasteiger partial charge in [0.25, 0.3) is 0 Å². The van der Waals surface area contributed by atoms with Gasteiger partial charge in [-0.2, -0.15) is 11.8 Å². The van der Waals surface area contributed by atoms with Crippen molar-refractivity contribution in [2.45, 2.75) is 30.8 Å². The Morgan fingerprint density at radius 1 is 1.47 bits per heavy atom. The number of aromatic amines is 1. The lowest BCUT2D eigenvalue weighted by Crippen LogP contribution is -2.20. The summed E-state index contributed by atoms with van der Waals surface area (Å²) in [6.45, 7) is 4.28. The molecule has 0 amide bonds. The summed E-state index contributed by atoms with van der Waals surface area (Å²) >= 11 is 12.8. The highest BCUT2D eigenvalue weighted by Crippen LogP contribution is 2.42. The van der Waals surface area contributed by atoms with E-state index in [1.165, 1.54) is 17.9 Å². The maximum absolute atomic E-state index is 5.28. The lowest BCUT2D eigenvalue weighted by atomic mass is 10.2. The molecule has 17 heavy (non-hydrogen) atoms. The number of halogens is 1. The van der Waals surface area contributed by atoms with Crippen molar-refractivity contribution >= 4 is 51.7 Å². The van der Waals surface area contributed by atoms with Crippen molar-refractivity contribution in [3.8, 4) is 0 Å². The van der Waals surface area contributed by atoms with Crippen LogP contribution in [0.3, 0.4) is 0 Å². The first-order valence-corrected chi connectivity index (χ1v) is 8.93. The van der Waals surface area contributed by atoms with Crippen LogP contribution in [0.4, 0.5) is 0 Å². The average molecular weight is 351 g/mol. The van der Waals surface area contributed by atoms with Crippen LogP contribution in [-0.2, 0) is 0 Å². The van der Waals surface area contributed by atoms with Crippen molar-refractivity contribution < 1.29 is 0 Å². The van der Waals surface area contributed by atoms with E-state index >= 15 is 0 Å². The van der Waals surface area contributed by atoms with Crippen molar-refractivity contribution in [2.75, 3.05) is 11.5 Å². The molecule has 0 radical (unpaired) electrons. The summed E-state index contributed by atoms with van der Waals surface area (Å²) in [7, 11) is 0. The zero-order valence-corrected chi connectivity index (χ0v) is 13.9. The van der Waals surface area contributed by atoms with Gasteiger partial charge in [0, 0.05) is 22.4 Å². The van der Waals surface area contributed by atoms with Gasteiger partial charge in [0.05, 0.1) is 9.72 Å². The second-order valence-electron chi connectivity index (χ2n) is 3.98. The van der Waals surface area contributed by atoms with Crippen LogP contribution in [0.25, 0.3) is 0 Å². The van der Waals surface area contributed by atoms with E-state index in [-0.39, 0.29) is 0 Å². The smallest absolute Gasteiger partial charge is 0.144 e. The standard InChI is InChI=1S/C11H15BrN2S3/c1-3-7-9(17-5-4-16-7)10-13-6(2)8(12)11(15)14-10/h7,9H,3-5H2,1-2H3,(H,13,14,15). The normalized spacial score (nSPS) is 24.9. The predicted molar refractivity (Wildman–Crippen MR) is 83.6 cm³/mol. The molecule has 0 aromatic carbocycles. The third kappa shape index (κ3) is 3.08. The van der Waals surface area contributed by atoms with Crippen LogP contribution in [0.2, 0.25) is 0 Å². The fourth-order valence-electron chi connectivity index (χ4n) is 1.88. The van der Waals surface area contributed by atoms with Crippen molar-refractivity contribution in [3.05, 3.63) is 20.6 Å². The molecule has 2 unspecified atom stereocenters. The second kappa shape index (κ2) is 6.08. The molecular weight excluding hydrogens is 336 g/mol. The van der Waals surface area contributed by atoms with Crippen LogP contribution in [0.5, 0.6) is 0 Å². The largest absolute Gasteiger partial charge is 0.345 e. The number of rotatable bonds is 2. The molecule has 6 heteroatoms. The second-order valence-corrected chi connectivity index (χ2v) is 7.75. The van der Waals surface area contributed by atoms with Crippen LogP contribution in [0, 0.1) is 11.6 Å². The summed E-state index contributed by atoms with van der Waals surface area (Å²) in [4.78, 5) is 7.93. The van der Waals surface area contributed by atoms with Gasteiger partial charge in [-0.3, -0.25) is 0 Å². The number of aryl methyl sites for hydroxylation is 1. The summed E-state index contributed by atoms with van der Waals surface area (Å²) in [6, 6.07) is 0. The monoisotopic (exact) mass is 350 g/mol. The van der Waals surface area contributed by atoms with Crippen LogP contribution < -0.4 is 0 Å². The molecule has 0 bridgehead atoms. The number of thioether (sulfide) groups is 2. The van der Waals surface area contributed by atoms with Crippen LogP contribution in [0.15, 0.2) is 4.47 Å². The number of hydrogen-bond donors (Lipinski definition) is 1. The summed E-state index contributed by atoms with van der Waals surface area (Å²) < 4.78 is 1.58. The van der Waals surface area contributed by atoms with Gasteiger partial charge in [-0.05, 0) is 29.3 Å². The minimum Gasteiger partial charge on any atom is -0.345 e. The Balaban J connectivity index is 2.35. The Hall–Kier alpha value is 0.480. The van der Waals surface area contributed by atoms with E-state index in [0.717, 1.165) is 16.0 Å². The number of aromatic nitrogens is 2. The summed E-state index contributed by atoms with van der Waals surface area (Å²) in [5, 5.41) is 1.10. The van der Waals surface area contributed by atoms with Crippen molar-refractivity contribution in [1.82, 2.24) is 9.97 Å². The molecule has 94 valence electrons. The molecule has 2 rings (SSSR count). The van der Waals surface area contributed by atoms with Crippen molar-refractivity contribution in [1.29, 1.82) is 0 Å². The van der Waals surface area contributed by atoms with Gasteiger partial charge >= 0.3 is 0 Å². The molecule has 1 saturated heterocycles. The van der Waals surface area contributed by atoms with Gasteiger partial charge in [-0.15, -0.1) is 11.8 Å². The quantitative estimate of drug-likeness (QED) is 0.794. The molecule has 1 aliphatic heterocycles. The van der Waals surface area contributed by atoms with E-state index in [9.17, 15) is 0 Å². The first-order chi connectivity index (χ1) is 8.13. The Morgan fingerprint density at radius 2 is 2.18 bits per heavy atom. The molecule has 1 aromatic rings. The van der Waals surface area contributed by atoms with E-state index in [4.69, 9.17) is 12.2 Å². The molecule has 2 atom stereocenters. The van der Waals surface area contributed by atoms with E-state index in [1.807, 2.05) is 18.7 Å². The fraction of sp³-hybridized carbons (Fsp3) is 0.636. The molecule has 1 N–H and O–H groups in total. The predicted octanol–water partition coefficient (Wildman–Crippen LogP) is 4.51. The Kier molecular flexibility index (Phi) is 4.97. The first kappa shape index (κ1) is 13.9. The Bertz CT molecular complexity index is 461. The van der Waals surface area contributed by atoms with Gasteiger partial charge in [0.1, 0.15) is 10.5 Å².